The second-order valence-corrected chi connectivity index (χ2v) is 13.3. The number of pyridine rings is 1. The second kappa shape index (κ2) is 16.6. The molecule has 0 bridgehead atoms. The second-order valence-electron chi connectivity index (χ2n) is 12.9. The van der Waals surface area contributed by atoms with E-state index < -0.39 is 29.7 Å². The van der Waals surface area contributed by atoms with E-state index in [0.717, 1.165) is 11.1 Å². The molecule has 0 radical (unpaired) electrons. The third-order valence-electron chi connectivity index (χ3n) is 9.03. The summed E-state index contributed by atoms with van der Waals surface area (Å²) in [7, 11) is 1.79. The van der Waals surface area contributed by atoms with Crippen molar-refractivity contribution in [3.05, 3.63) is 93.8 Å². The number of imidazole rings is 1. The van der Waals surface area contributed by atoms with Crippen molar-refractivity contribution in [2.45, 2.75) is 58.0 Å². The number of aromatic nitrogens is 3. The number of piperidine rings is 1. The van der Waals surface area contributed by atoms with Gasteiger partial charge in [-0.05, 0) is 73.7 Å². The highest BCUT2D eigenvalue weighted by atomic mass is 35.5. The Hall–Kier alpha value is -5.01. The van der Waals surface area contributed by atoms with Gasteiger partial charge in [-0.15, -0.1) is 12.4 Å². The molecule has 6 rings (SSSR count). The van der Waals surface area contributed by atoms with Crippen LogP contribution in [0.3, 0.4) is 0 Å². The third kappa shape index (κ3) is 8.88. The quantitative estimate of drug-likeness (QED) is 0.106. The lowest BCUT2D eigenvalue weighted by atomic mass is 9.86. The van der Waals surface area contributed by atoms with Crippen LogP contribution >= 0.6 is 24.0 Å². The maximum absolute atomic E-state index is 14.1. The normalized spacial score (nSPS) is 15.7. The van der Waals surface area contributed by atoms with E-state index in [1.165, 1.54) is 6.07 Å². The summed E-state index contributed by atoms with van der Waals surface area (Å²) < 4.78 is 29.6. The maximum atomic E-state index is 14.1. The van der Waals surface area contributed by atoms with Gasteiger partial charge in [-0.2, -0.15) is 4.39 Å². The Bertz CT molecular complexity index is 2070. The fourth-order valence-electron chi connectivity index (χ4n) is 6.43. The largest absolute Gasteiger partial charge is 0.492 e. The van der Waals surface area contributed by atoms with Crippen molar-refractivity contribution >= 4 is 47.5 Å². The highest BCUT2D eigenvalue weighted by Crippen LogP contribution is 2.40. The Morgan fingerprint density at radius 1 is 1.06 bits per heavy atom. The number of Topliss-reactive ketones (excluding diaryl/α,β-unsaturated/α-hetero) is 1. The van der Waals surface area contributed by atoms with Crippen molar-refractivity contribution in [1.82, 2.24) is 24.8 Å². The number of carbonyl (C=O) groups excluding carboxylic acids is 4. The van der Waals surface area contributed by atoms with Crippen LogP contribution in [0.2, 0.25) is 5.02 Å². The number of rotatable bonds is 12. The summed E-state index contributed by atoms with van der Waals surface area (Å²) in [6.45, 7) is 2.49. The first-order valence-electron chi connectivity index (χ1n) is 16.7. The van der Waals surface area contributed by atoms with E-state index in [4.69, 9.17) is 26.5 Å². The Balaban J connectivity index is 0.00000523. The van der Waals surface area contributed by atoms with Crippen LogP contribution in [-0.2, 0) is 34.4 Å². The van der Waals surface area contributed by atoms with Gasteiger partial charge in [0.05, 0.1) is 36.3 Å². The number of hydrogen-bond donors (Lipinski definition) is 3. The summed E-state index contributed by atoms with van der Waals surface area (Å²) in [4.78, 5) is 53.5. The van der Waals surface area contributed by atoms with Crippen LogP contribution in [0.25, 0.3) is 11.1 Å². The molecule has 1 atom stereocenters. The van der Waals surface area contributed by atoms with E-state index in [2.05, 4.69) is 15.6 Å². The molecule has 2 aliphatic rings. The number of imide groups is 1. The lowest BCUT2D eigenvalue weighted by molar-refractivity contribution is -0.134. The van der Waals surface area contributed by atoms with Crippen LogP contribution in [0.4, 0.5) is 4.39 Å². The molecule has 1 unspecified atom stereocenters. The van der Waals surface area contributed by atoms with E-state index in [0.29, 0.717) is 76.9 Å². The van der Waals surface area contributed by atoms with Crippen LogP contribution in [-0.4, -0.2) is 56.9 Å². The average Bonchev–Trinajstić information content (AvgIpc) is 3.38. The number of carbonyl (C=O) groups is 4. The van der Waals surface area contributed by atoms with Gasteiger partial charge in [0, 0.05) is 61.6 Å². The number of benzene rings is 2. The molecule has 12 nitrogen and oxygen atoms in total. The number of ether oxygens (including phenoxy) is 2. The molecular formula is C37H39Cl2FN6O6. The number of aryl methyl sites for hydroxylation is 2. The third-order valence-corrected chi connectivity index (χ3v) is 9.34. The van der Waals surface area contributed by atoms with Gasteiger partial charge in [0.2, 0.25) is 29.3 Å². The minimum atomic E-state index is -0.599. The number of halogens is 3. The molecule has 0 aliphatic carbocycles. The van der Waals surface area contributed by atoms with Crippen LogP contribution in [0.5, 0.6) is 11.5 Å². The fourth-order valence-corrected chi connectivity index (χ4v) is 6.60. The van der Waals surface area contributed by atoms with E-state index in [1.807, 2.05) is 12.1 Å². The molecular weight excluding hydrogens is 714 g/mol. The summed E-state index contributed by atoms with van der Waals surface area (Å²) in [6.07, 6.45) is 5.45. The van der Waals surface area contributed by atoms with Crippen LogP contribution in [0.1, 0.15) is 59.3 Å². The smallest absolute Gasteiger partial charge is 0.228 e. The standard InChI is InChI=1S/C37H38ClFN6O6.ClH/c1-21-26(7-9-31(39)41-21)27-14-23(19-45-11-10-44(2)37(45)40)15-28-35(49)24(20-51-36(27)28)13-22-6-8-29(38)30(16-22)50-12-4-3-5-32(46)42-25-17-33(47)43-34(48)18-25;/h6-11,14-16,24-25,40H,3-5,12-13,17-20H2,1-2H3,(H,42,46)(H,43,47,48);1H. The predicted octanol–water partition coefficient (Wildman–Crippen LogP) is 4.84. The number of nitrogens with zero attached hydrogens (tertiary/aromatic N) is 3. The number of unbranched alkanes of at least 4 members (excludes halogenated alkanes) is 1. The minimum Gasteiger partial charge on any atom is -0.492 e. The van der Waals surface area contributed by atoms with Gasteiger partial charge in [0.25, 0.3) is 0 Å². The van der Waals surface area contributed by atoms with Gasteiger partial charge in [-0.3, -0.25) is 29.9 Å². The fraction of sp³-hybridized carbons (Fsp3) is 0.351. The van der Waals surface area contributed by atoms with Crippen molar-refractivity contribution in [1.29, 1.82) is 5.41 Å². The topological polar surface area (TPSA) is 157 Å². The van der Waals surface area contributed by atoms with Gasteiger partial charge in [0.15, 0.2) is 5.78 Å². The monoisotopic (exact) mass is 752 g/mol. The lowest BCUT2D eigenvalue weighted by Gasteiger charge is -2.27. The summed E-state index contributed by atoms with van der Waals surface area (Å²) in [6, 6.07) is 11.5. The van der Waals surface area contributed by atoms with Crippen molar-refractivity contribution in [2.75, 3.05) is 13.2 Å². The van der Waals surface area contributed by atoms with Crippen LogP contribution < -0.4 is 25.7 Å². The first-order valence-corrected chi connectivity index (χ1v) is 17.1. The Labute approximate surface area is 310 Å². The highest BCUT2D eigenvalue weighted by molar-refractivity contribution is 6.32. The Kier molecular flexibility index (Phi) is 12.2. The van der Waals surface area contributed by atoms with E-state index in [9.17, 15) is 23.6 Å². The number of fused-ring (bicyclic) bond motifs is 1. The van der Waals surface area contributed by atoms with E-state index in [-0.39, 0.29) is 50.0 Å². The number of nitrogens with one attached hydrogen (secondary N) is 3. The van der Waals surface area contributed by atoms with Gasteiger partial charge in [0.1, 0.15) is 11.5 Å². The summed E-state index contributed by atoms with van der Waals surface area (Å²) >= 11 is 6.44. The molecule has 0 spiro atoms. The molecule has 2 aromatic heterocycles. The number of ketones is 1. The van der Waals surface area contributed by atoms with Gasteiger partial charge in [-0.25, -0.2) is 4.98 Å². The van der Waals surface area contributed by atoms with Crippen LogP contribution in [0, 0.1) is 24.2 Å². The highest BCUT2D eigenvalue weighted by Gasteiger charge is 2.32. The molecule has 2 aromatic carbocycles. The zero-order chi connectivity index (χ0) is 36.2. The first kappa shape index (κ1) is 38.2. The lowest BCUT2D eigenvalue weighted by Crippen LogP contribution is -2.48. The molecule has 3 N–H and O–H groups in total. The van der Waals surface area contributed by atoms with Crippen molar-refractivity contribution < 1.29 is 33.0 Å². The molecule has 3 amide bonds. The summed E-state index contributed by atoms with van der Waals surface area (Å²) in [5.74, 6) is -1.32. The first-order chi connectivity index (χ1) is 24.4. The molecule has 4 heterocycles. The molecule has 2 aliphatic heterocycles. The molecule has 274 valence electrons. The van der Waals surface area contributed by atoms with Gasteiger partial charge >= 0.3 is 0 Å². The Morgan fingerprint density at radius 2 is 1.81 bits per heavy atom. The Morgan fingerprint density at radius 3 is 2.52 bits per heavy atom. The molecule has 15 heteroatoms. The van der Waals surface area contributed by atoms with Crippen LogP contribution in [0.15, 0.2) is 54.9 Å². The van der Waals surface area contributed by atoms with E-state index >= 15 is 0 Å². The number of hydrogen-bond acceptors (Lipinski definition) is 8. The van der Waals surface area contributed by atoms with Gasteiger partial charge < -0.3 is 23.9 Å². The average molecular weight is 754 g/mol. The van der Waals surface area contributed by atoms with Crippen molar-refractivity contribution in [3.8, 4) is 22.6 Å². The van der Waals surface area contributed by atoms with Crippen molar-refractivity contribution in [2.24, 2.45) is 13.0 Å². The zero-order valence-corrected chi connectivity index (χ0v) is 30.2. The molecule has 52 heavy (non-hydrogen) atoms. The SMILES string of the molecule is Cc1nc(F)ccc1-c1cc(Cn2ccn(C)c2=N)cc2c1OCC(Cc1ccc(Cl)c(OCCCCC(=O)NC3CC(=O)NC(=O)C3)c1)C2=O.Cl. The van der Waals surface area contributed by atoms with Crippen molar-refractivity contribution in [3.63, 3.8) is 0 Å². The zero-order valence-electron chi connectivity index (χ0n) is 28.7. The molecule has 1 fully saturated rings. The minimum absolute atomic E-state index is 0. The molecule has 1 saturated heterocycles. The summed E-state index contributed by atoms with van der Waals surface area (Å²) in [5.41, 5.74) is 4.08. The molecule has 0 saturated carbocycles. The van der Waals surface area contributed by atoms with Gasteiger partial charge in [-0.1, -0.05) is 17.7 Å². The van der Waals surface area contributed by atoms with E-state index in [1.54, 1.807) is 59.8 Å². The number of amides is 3. The summed E-state index contributed by atoms with van der Waals surface area (Å²) in [5, 5.41) is 13.8. The molecule has 4 aromatic rings. The maximum Gasteiger partial charge on any atom is 0.228 e. The predicted molar refractivity (Wildman–Crippen MR) is 192 cm³/mol.